The van der Waals surface area contributed by atoms with Crippen molar-refractivity contribution < 1.29 is 13.2 Å². The van der Waals surface area contributed by atoms with Crippen LogP contribution in [0.5, 0.6) is 0 Å². The number of aryl methyl sites for hydroxylation is 1. The van der Waals surface area contributed by atoms with E-state index in [1.807, 2.05) is 67.6 Å². The zero-order valence-electron chi connectivity index (χ0n) is 16.0. The molecular formula is C23H22N2O3S. The second-order valence-corrected chi connectivity index (χ2v) is 9.07. The average molecular weight is 407 g/mol. The summed E-state index contributed by atoms with van der Waals surface area (Å²) < 4.78 is 28.4. The summed E-state index contributed by atoms with van der Waals surface area (Å²) in [7, 11) is -3.88. The summed E-state index contributed by atoms with van der Waals surface area (Å²) in [6.07, 6.45) is 0. The minimum atomic E-state index is -3.88. The summed E-state index contributed by atoms with van der Waals surface area (Å²) in [4.78, 5) is 12.7. The predicted molar refractivity (Wildman–Crippen MR) is 112 cm³/mol. The van der Waals surface area contributed by atoms with Crippen LogP contribution in [-0.4, -0.2) is 25.2 Å². The van der Waals surface area contributed by atoms with Gasteiger partial charge in [0.2, 0.25) is 15.9 Å². The van der Waals surface area contributed by atoms with Gasteiger partial charge in [0.15, 0.2) is 0 Å². The number of nitrogens with one attached hydrogen (secondary N) is 1. The second kappa shape index (κ2) is 7.81. The number of amides is 1. The highest BCUT2D eigenvalue weighted by Gasteiger charge is 2.43. The third kappa shape index (κ3) is 3.81. The molecule has 5 nitrogen and oxygen atoms in total. The maximum atomic E-state index is 13.6. The first-order chi connectivity index (χ1) is 14.0. The van der Waals surface area contributed by atoms with Crippen LogP contribution < -0.4 is 5.32 Å². The third-order valence-electron chi connectivity index (χ3n) is 5.17. The monoisotopic (exact) mass is 406 g/mol. The van der Waals surface area contributed by atoms with Gasteiger partial charge in [0, 0.05) is 0 Å². The van der Waals surface area contributed by atoms with Gasteiger partial charge < -0.3 is 5.32 Å². The van der Waals surface area contributed by atoms with Crippen molar-refractivity contribution in [3.63, 3.8) is 0 Å². The van der Waals surface area contributed by atoms with E-state index in [9.17, 15) is 13.2 Å². The van der Waals surface area contributed by atoms with E-state index in [0.29, 0.717) is 0 Å². The summed E-state index contributed by atoms with van der Waals surface area (Å²) in [5.41, 5.74) is 2.66. The zero-order chi connectivity index (χ0) is 20.4. The second-order valence-electron chi connectivity index (χ2n) is 7.17. The van der Waals surface area contributed by atoms with E-state index in [0.717, 1.165) is 16.7 Å². The SMILES string of the molecule is Cc1ccc(S(=O)(=O)N2CC(=O)N[C@H](c3ccccc3)[C@H]2c2ccccc2)cc1. The van der Waals surface area contributed by atoms with Crippen LogP contribution in [-0.2, 0) is 14.8 Å². The lowest BCUT2D eigenvalue weighted by molar-refractivity contribution is -0.125. The van der Waals surface area contributed by atoms with E-state index in [2.05, 4.69) is 5.32 Å². The van der Waals surface area contributed by atoms with Crippen LogP contribution in [0.25, 0.3) is 0 Å². The fraction of sp³-hybridized carbons (Fsp3) is 0.174. The molecule has 0 saturated carbocycles. The van der Waals surface area contributed by atoms with E-state index >= 15 is 0 Å². The Hall–Kier alpha value is -2.96. The highest BCUT2D eigenvalue weighted by molar-refractivity contribution is 7.89. The highest BCUT2D eigenvalue weighted by Crippen LogP contribution is 2.39. The van der Waals surface area contributed by atoms with Crippen molar-refractivity contribution in [1.29, 1.82) is 0 Å². The minimum absolute atomic E-state index is 0.186. The molecule has 0 aliphatic carbocycles. The molecule has 148 valence electrons. The molecule has 0 aromatic heterocycles. The number of rotatable bonds is 4. The number of benzene rings is 3. The summed E-state index contributed by atoms with van der Waals surface area (Å²) in [5, 5.41) is 3.00. The quantitative estimate of drug-likeness (QED) is 0.720. The zero-order valence-corrected chi connectivity index (χ0v) is 16.8. The van der Waals surface area contributed by atoms with Crippen LogP contribution in [0, 0.1) is 6.92 Å². The standard InChI is InChI=1S/C23H22N2O3S/c1-17-12-14-20(15-13-17)29(27,28)25-16-21(26)24-22(18-8-4-2-5-9-18)23(25)19-10-6-3-7-11-19/h2-15,22-23H,16H2,1H3,(H,24,26)/t22-,23-/m1/s1. The molecule has 1 fully saturated rings. The molecule has 6 heteroatoms. The summed E-state index contributed by atoms with van der Waals surface area (Å²) in [6, 6.07) is 24.6. The van der Waals surface area contributed by atoms with Crippen LogP contribution >= 0.6 is 0 Å². The Morgan fingerprint density at radius 2 is 1.38 bits per heavy atom. The van der Waals surface area contributed by atoms with Gasteiger partial charge >= 0.3 is 0 Å². The van der Waals surface area contributed by atoms with Crippen molar-refractivity contribution in [3.8, 4) is 0 Å². The van der Waals surface area contributed by atoms with Crippen LogP contribution in [0.4, 0.5) is 0 Å². The summed E-state index contributed by atoms with van der Waals surface area (Å²) >= 11 is 0. The Balaban J connectivity index is 1.86. The van der Waals surface area contributed by atoms with Gasteiger partial charge in [-0.05, 0) is 30.2 Å². The molecule has 0 spiro atoms. The Morgan fingerprint density at radius 3 is 1.97 bits per heavy atom. The summed E-state index contributed by atoms with van der Waals surface area (Å²) in [6.45, 7) is 1.68. The van der Waals surface area contributed by atoms with Gasteiger partial charge in [-0.1, -0.05) is 78.4 Å². The topological polar surface area (TPSA) is 66.5 Å². The first-order valence-corrected chi connectivity index (χ1v) is 10.9. The number of piperazine rings is 1. The molecule has 1 amide bonds. The molecule has 1 saturated heterocycles. The number of hydrogen-bond acceptors (Lipinski definition) is 3. The largest absolute Gasteiger partial charge is 0.346 e. The number of nitrogens with zero attached hydrogens (tertiary/aromatic N) is 1. The highest BCUT2D eigenvalue weighted by atomic mass is 32.2. The van der Waals surface area contributed by atoms with E-state index in [1.54, 1.807) is 24.3 Å². The molecule has 0 bridgehead atoms. The normalized spacial score (nSPS) is 20.2. The number of carbonyl (C=O) groups excluding carboxylic acids is 1. The molecule has 1 aliphatic heterocycles. The average Bonchev–Trinajstić information content (AvgIpc) is 2.74. The number of hydrogen-bond donors (Lipinski definition) is 1. The fourth-order valence-corrected chi connectivity index (χ4v) is 5.30. The maximum Gasteiger partial charge on any atom is 0.244 e. The van der Waals surface area contributed by atoms with Gasteiger partial charge in [-0.25, -0.2) is 8.42 Å². The van der Waals surface area contributed by atoms with Crippen molar-refractivity contribution in [3.05, 3.63) is 102 Å². The Morgan fingerprint density at radius 1 is 0.828 bits per heavy atom. The van der Waals surface area contributed by atoms with Gasteiger partial charge in [-0.15, -0.1) is 0 Å². The number of sulfonamides is 1. The van der Waals surface area contributed by atoms with Crippen molar-refractivity contribution in [2.24, 2.45) is 0 Å². The third-order valence-corrected chi connectivity index (χ3v) is 7.01. The lowest BCUT2D eigenvalue weighted by atomic mass is 9.91. The van der Waals surface area contributed by atoms with Gasteiger partial charge in [0.25, 0.3) is 0 Å². The minimum Gasteiger partial charge on any atom is -0.346 e. The van der Waals surface area contributed by atoms with Gasteiger partial charge in [0.1, 0.15) is 0 Å². The lowest BCUT2D eigenvalue weighted by Gasteiger charge is -2.41. The van der Waals surface area contributed by atoms with Crippen LogP contribution in [0.1, 0.15) is 28.8 Å². The molecule has 1 N–H and O–H groups in total. The molecule has 29 heavy (non-hydrogen) atoms. The van der Waals surface area contributed by atoms with Crippen molar-refractivity contribution >= 4 is 15.9 Å². The Bertz CT molecular complexity index is 1100. The summed E-state index contributed by atoms with van der Waals surface area (Å²) in [5.74, 6) is -0.318. The lowest BCUT2D eigenvalue weighted by Crippen LogP contribution is -2.53. The van der Waals surface area contributed by atoms with Crippen LogP contribution in [0.15, 0.2) is 89.8 Å². The van der Waals surface area contributed by atoms with Gasteiger partial charge in [-0.3, -0.25) is 4.79 Å². The van der Waals surface area contributed by atoms with Gasteiger partial charge in [0.05, 0.1) is 23.5 Å². The van der Waals surface area contributed by atoms with E-state index in [1.165, 1.54) is 4.31 Å². The van der Waals surface area contributed by atoms with Gasteiger partial charge in [-0.2, -0.15) is 4.31 Å². The molecule has 1 aliphatic rings. The Labute approximate surface area is 171 Å². The van der Waals surface area contributed by atoms with Crippen LogP contribution in [0.2, 0.25) is 0 Å². The van der Waals surface area contributed by atoms with Crippen molar-refractivity contribution in [1.82, 2.24) is 9.62 Å². The Kier molecular flexibility index (Phi) is 5.22. The molecular weight excluding hydrogens is 384 g/mol. The van der Waals surface area contributed by atoms with E-state index < -0.39 is 22.1 Å². The molecule has 3 aromatic rings. The van der Waals surface area contributed by atoms with E-state index in [4.69, 9.17) is 0 Å². The smallest absolute Gasteiger partial charge is 0.244 e. The first-order valence-electron chi connectivity index (χ1n) is 9.44. The molecule has 0 unspecified atom stereocenters. The van der Waals surface area contributed by atoms with Crippen molar-refractivity contribution in [2.45, 2.75) is 23.9 Å². The fourth-order valence-electron chi connectivity index (χ4n) is 3.72. The first kappa shape index (κ1) is 19.4. The van der Waals surface area contributed by atoms with Crippen molar-refractivity contribution in [2.75, 3.05) is 6.54 Å². The number of carbonyl (C=O) groups is 1. The molecule has 0 radical (unpaired) electrons. The maximum absolute atomic E-state index is 13.6. The van der Waals surface area contributed by atoms with E-state index in [-0.39, 0.29) is 17.3 Å². The van der Waals surface area contributed by atoms with Crippen LogP contribution in [0.3, 0.4) is 0 Å². The predicted octanol–water partition coefficient (Wildman–Crippen LogP) is 3.60. The molecule has 2 atom stereocenters. The molecule has 4 rings (SSSR count). The molecule has 1 heterocycles. The molecule has 3 aromatic carbocycles.